The highest BCUT2D eigenvalue weighted by Gasteiger charge is 2.18. The van der Waals surface area contributed by atoms with Gasteiger partial charge in [0, 0.05) is 11.2 Å². The number of hydrogen-bond donors (Lipinski definition) is 0. The van der Waals surface area contributed by atoms with Crippen molar-refractivity contribution in [3.8, 4) is 0 Å². The molecule has 0 aliphatic carbocycles. The van der Waals surface area contributed by atoms with Crippen molar-refractivity contribution in [3.63, 3.8) is 0 Å². The van der Waals surface area contributed by atoms with E-state index < -0.39 is 0 Å². The fourth-order valence-corrected chi connectivity index (χ4v) is 5.96. The summed E-state index contributed by atoms with van der Waals surface area (Å²) in [7, 11) is 0. The van der Waals surface area contributed by atoms with Crippen molar-refractivity contribution in [1.29, 1.82) is 0 Å². The summed E-state index contributed by atoms with van der Waals surface area (Å²) in [6.07, 6.45) is 1.74. The summed E-state index contributed by atoms with van der Waals surface area (Å²) in [6.45, 7) is 0. The number of fused-ring (bicyclic) bond motifs is 1. The van der Waals surface area contributed by atoms with E-state index in [0.717, 1.165) is 30.8 Å². The molecule has 0 fully saturated rings. The molecule has 5 rings (SSSR count). The molecular weight excluding hydrogens is 471 g/mol. The molecule has 0 radical (unpaired) electrons. The lowest BCUT2D eigenvalue weighted by molar-refractivity contribution is 0.628. The van der Waals surface area contributed by atoms with Crippen LogP contribution in [-0.4, -0.2) is 11.2 Å². The van der Waals surface area contributed by atoms with Gasteiger partial charge in [-0.1, -0.05) is 78.0 Å². The van der Waals surface area contributed by atoms with Crippen molar-refractivity contribution in [3.05, 3.63) is 125 Å². The zero-order valence-corrected chi connectivity index (χ0v) is 19.7. The van der Waals surface area contributed by atoms with Gasteiger partial charge in [0.1, 0.15) is 5.82 Å². The topological polar surface area (TPSA) is 25.2 Å². The highest BCUT2D eigenvalue weighted by molar-refractivity contribution is 8.01. The number of thioether (sulfide) groups is 1. The zero-order chi connectivity index (χ0) is 22.6. The molecule has 0 bridgehead atoms. The maximum Gasteiger partial charge on any atom is 0.152 e. The number of rotatable bonds is 6. The highest BCUT2D eigenvalue weighted by Crippen LogP contribution is 2.43. The SMILES string of the molecule is Fc1ccc(C=Nc2ccc3nc(S[C@@H](c4ccccc4)c4ccc(Cl)cc4)sc3c2)cc1. The summed E-state index contributed by atoms with van der Waals surface area (Å²) < 4.78 is 15.2. The molecule has 1 heterocycles. The Morgan fingerprint density at radius 3 is 2.36 bits per heavy atom. The number of thiazole rings is 1. The van der Waals surface area contributed by atoms with Crippen molar-refractivity contribution in [2.75, 3.05) is 0 Å². The molecule has 0 aliphatic heterocycles. The Balaban J connectivity index is 1.42. The van der Waals surface area contributed by atoms with E-state index in [1.165, 1.54) is 23.3 Å². The average molecular weight is 489 g/mol. The second-order valence-corrected chi connectivity index (χ2v) is 10.2. The van der Waals surface area contributed by atoms with E-state index in [-0.39, 0.29) is 11.1 Å². The molecule has 0 amide bonds. The standard InChI is InChI=1S/C27H18ClFN2S2/c28-21-10-8-20(9-11-21)26(19-4-2-1-3-5-19)33-27-31-24-15-14-23(16-25(24)32-27)30-17-18-6-12-22(29)13-7-18/h1-17,26H/t26-/m0/s1. The fourth-order valence-electron chi connectivity index (χ4n) is 3.42. The van der Waals surface area contributed by atoms with Crippen LogP contribution in [0.4, 0.5) is 10.1 Å². The first-order valence-electron chi connectivity index (χ1n) is 10.3. The van der Waals surface area contributed by atoms with Crippen molar-refractivity contribution in [2.24, 2.45) is 4.99 Å². The molecule has 0 N–H and O–H groups in total. The van der Waals surface area contributed by atoms with Crippen LogP contribution in [0.5, 0.6) is 0 Å². The van der Waals surface area contributed by atoms with Gasteiger partial charge in [0.05, 0.1) is 21.2 Å². The van der Waals surface area contributed by atoms with Crippen LogP contribution in [0.15, 0.2) is 106 Å². The summed E-state index contributed by atoms with van der Waals surface area (Å²) in [4.78, 5) is 9.39. The molecule has 5 aromatic rings. The maximum absolute atomic E-state index is 13.1. The number of halogens is 2. The van der Waals surface area contributed by atoms with Gasteiger partial charge in [-0.25, -0.2) is 9.37 Å². The molecular formula is C27H18ClFN2S2. The lowest BCUT2D eigenvalue weighted by Gasteiger charge is -2.16. The maximum atomic E-state index is 13.1. The van der Waals surface area contributed by atoms with Crippen LogP contribution >= 0.6 is 34.7 Å². The number of aromatic nitrogens is 1. The molecule has 1 aromatic heterocycles. The Labute approximate surface area is 204 Å². The van der Waals surface area contributed by atoms with E-state index in [1.807, 2.05) is 36.4 Å². The molecule has 0 spiro atoms. The van der Waals surface area contributed by atoms with E-state index in [0.29, 0.717) is 0 Å². The average Bonchev–Trinajstić information content (AvgIpc) is 3.25. The Kier molecular flexibility index (Phi) is 6.53. The van der Waals surface area contributed by atoms with Gasteiger partial charge in [0.25, 0.3) is 0 Å². The van der Waals surface area contributed by atoms with Crippen molar-refractivity contribution < 1.29 is 4.39 Å². The molecule has 33 heavy (non-hydrogen) atoms. The smallest absolute Gasteiger partial charge is 0.152 e. The quantitative estimate of drug-likeness (QED) is 0.176. The monoisotopic (exact) mass is 488 g/mol. The molecule has 6 heteroatoms. The largest absolute Gasteiger partial charge is 0.256 e. The van der Waals surface area contributed by atoms with E-state index in [1.54, 1.807) is 41.4 Å². The molecule has 1 atom stereocenters. The summed E-state index contributed by atoms with van der Waals surface area (Å²) >= 11 is 9.51. The van der Waals surface area contributed by atoms with Gasteiger partial charge in [-0.2, -0.15) is 0 Å². The van der Waals surface area contributed by atoms with Crippen LogP contribution in [0, 0.1) is 5.82 Å². The Morgan fingerprint density at radius 2 is 1.61 bits per heavy atom. The molecule has 0 unspecified atom stereocenters. The first-order chi connectivity index (χ1) is 16.1. The second kappa shape index (κ2) is 9.87. The molecule has 2 nitrogen and oxygen atoms in total. The Bertz CT molecular complexity index is 1400. The predicted molar refractivity (Wildman–Crippen MR) is 139 cm³/mol. The van der Waals surface area contributed by atoms with Crippen LogP contribution in [0.25, 0.3) is 10.2 Å². The third kappa shape index (κ3) is 5.33. The minimum atomic E-state index is -0.254. The van der Waals surface area contributed by atoms with Gasteiger partial charge in [0.2, 0.25) is 0 Å². The number of nitrogens with zero attached hydrogens (tertiary/aromatic N) is 2. The van der Waals surface area contributed by atoms with E-state index in [9.17, 15) is 4.39 Å². The summed E-state index contributed by atoms with van der Waals surface area (Å²) in [5, 5.41) is 0.837. The number of hydrogen-bond acceptors (Lipinski definition) is 4. The van der Waals surface area contributed by atoms with E-state index >= 15 is 0 Å². The van der Waals surface area contributed by atoms with Crippen molar-refractivity contribution in [2.45, 2.75) is 9.59 Å². The lowest BCUT2D eigenvalue weighted by Crippen LogP contribution is -1.96. The van der Waals surface area contributed by atoms with Gasteiger partial charge in [-0.05, 0) is 59.2 Å². The van der Waals surface area contributed by atoms with Gasteiger partial charge in [-0.3, -0.25) is 4.99 Å². The summed E-state index contributed by atoms with van der Waals surface area (Å²) in [6, 6.07) is 30.7. The van der Waals surface area contributed by atoms with E-state index in [4.69, 9.17) is 16.6 Å². The molecule has 0 aliphatic rings. The van der Waals surface area contributed by atoms with Crippen LogP contribution < -0.4 is 0 Å². The van der Waals surface area contributed by atoms with Gasteiger partial charge < -0.3 is 0 Å². The Morgan fingerprint density at radius 1 is 0.879 bits per heavy atom. The molecule has 0 saturated carbocycles. The van der Waals surface area contributed by atoms with Gasteiger partial charge in [0.15, 0.2) is 4.34 Å². The predicted octanol–water partition coefficient (Wildman–Crippen LogP) is 8.72. The molecule has 4 aromatic carbocycles. The third-order valence-electron chi connectivity index (χ3n) is 5.08. The van der Waals surface area contributed by atoms with Crippen LogP contribution in [0.2, 0.25) is 5.02 Å². The minimum absolute atomic E-state index is 0.111. The second-order valence-electron chi connectivity index (χ2n) is 7.40. The number of benzene rings is 4. The third-order valence-corrected chi connectivity index (χ3v) is 7.76. The highest BCUT2D eigenvalue weighted by atomic mass is 35.5. The first kappa shape index (κ1) is 21.8. The van der Waals surface area contributed by atoms with Crippen molar-refractivity contribution >= 4 is 56.8 Å². The normalized spacial score (nSPS) is 12.4. The van der Waals surface area contributed by atoms with Crippen LogP contribution in [0.3, 0.4) is 0 Å². The van der Waals surface area contributed by atoms with E-state index in [2.05, 4.69) is 41.4 Å². The van der Waals surface area contributed by atoms with Gasteiger partial charge >= 0.3 is 0 Å². The summed E-state index contributed by atoms with van der Waals surface area (Å²) in [5.74, 6) is -0.254. The first-order valence-corrected chi connectivity index (χ1v) is 12.4. The van der Waals surface area contributed by atoms with Crippen LogP contribution in [0.1, 0.15) is 21.9 Å². The molecule has 162 valence electrons. The fraction of sp³-hybridized carbons (Fsp3) is 0.0370. The summed E-state index contributed by atoms with van der Waals surface area (Å²) in [5.41, 5.74) is 5.04. The van der Waals surface area contributed by atoms with Crippen molar-refractivity contribution in [1.82, 2.24) is 4.98 Å². The zero-order valence-electron chi connectivity index (χ0n) is 17.4. The minimum Gasteiger partial charge on any atom is -0.256 e. The van der Waals surface area contributed by atoms with Crippen LogP contribution in [-0.2, 0) is 0 Å². The number of aliphatic imine (C=N–C) groups is 1. The van der Waals surface area contributed by atoms with Gasteiger partial charge in [-0.15, -0.1) is 11.3 Å². The molecule has 0 saturated heterocycles. The Hall–Kier alpha value is -2.99. The lowest BCUT2D eigenvalue weighted by atomic mass is 10.0.